The van der Waals surface area contributed by atoms with E-state index in [1.807, 2.05) is 0 Å². The molecule has 0 unspecified atom stereocenters. The van der Waals surface area contributed by atoms with E-state index in [2.05, 4.69) is 20.2 Å². The number of oxime groups is 1. The minimum Gasteiger partial charge on any atom is -0.409 e. The van der Waals surface area contributed by atoms with E-state index >= 15 is 0 Å². The first-order valence-electron chi connectivity index (χ1n) is 4.22. The van der Waals surface area contributed by atoms with Crippen LogP contribution in [-0.2, 0) is 0 Å². The van der Waals surface area contributed by atoms with Crippen molar-refractivity contribution in [2.45, 2.75) is 0 Å². The molecule has 8 heteroatoms. The minimum atomic E-state index is -0.144. The van der Waals surface area contributed by atoms with Gasteiger partial charge in [0.15, 0.2) is 17.3 Å². The van der Waals surface area contributed by atoms with Crippen molar-refractivity contribution in [3.8, 4) is 5.82 Å². The molecule has 0 fully saturated rings. The Balaban J connectivity index is 2.57. The first-order chi connectivity index (χ1) is 7.72. The quantitative estimate of drug-likeness (QED) is 0.341. The van der Waals surface area contributed by atoms with Crippen molar-refractivity contribution in [3.63, 3.8) is 0 Å². The maximum Gasteiger partial charge on any atom is 0.192 e. The van der Waals surface area contributed by atoms with Crippen LogP contribution in [0.1, 0.15) is 5.69 Å². The molecule has 0 aromatic carbocycles. The van der Waals surface area contributed by atoms with Gasteiger partial charge in [-0.05, 0) is 0 Å². The Hall–Kier alpha value is -2.15. The third-order valence-electron chi connectivity index (χ3n) is 1.80. The molecule has 0 radical (unpaired) electrons. The van der Waals surface area contributed by atoms with Gasteiger partial charge in [0.1, 0.15) is 0 Å². The van der Waals surface area contributed by atoms with Crippen LogP contribution in [0, 0.1) is 0 Å². The summed E-state index contributed by atoms with van der Waals surface area (Å²) in [6.07, 6.45) is 5.90. The van der Waals surface area contributed by atoms with Crippen LogP contribution in [0.3, 0.4) is 0 Å². The smallest absolute Gasteiger partial charge is 0.192 e. The lowest BCUT2D eigenvalue weighted by Crippen LogP contribution is -2.19. The number of nitrogens with two attached hydrogens (primary N) is 1. The van der Waals surface area contributed by atoms with E-state index in [4.69, 9.17) is 22.5 Å². The maximum atomic E-state index is 8.60. The van der Waals surface area contributed by atoms with E-state index in [-0.39, 0.29) is 11.5 Å². The number of halogens is 1. The van der Waals surface area contributed by atoms with Crippen molar-refractivity contribution in [1.29, 1.82) is 0 Å². The summed E-state index contributed by atoms with van der Waals surface area (Å²) in [5.41, 5.74) is 5.69. The van der Waals surface area contributed by atoms with E-state index in [1.54, 1.807) is 6.20 Å². The number of aromatic nitrogens is 4. The van der Waals surface area contributed by atoms with Crippen molar-refractivity contribution in [1.82, 2.24) is 19.7 Å². The maximum absolute atomic E-state index is 8.60. The summed E-state index contributed by atoms with van der Waals surface area (Å²) in [6, 6.07) is 0. The van der Waals surface area contributed by atoms with Crippen LogP contribution in [-0.4, -0.2) is 30.8 Å². The monoisotopic (exact) mass is 238 g/mol. The Morgan fingerprint density at radius 2 is 2.19 bits per heavy atom. The van der Waals surface area contributed by atoms with Gasteiger partial charge in [0.2, 0.25) is 0 Å². The van der Waals surface area contributed by atoms with E-state index in [0.29, 0.717) is 10.8 Å². The topological polar surface area (TPSA) is 102 Å². The van der Waals surface area contributed by atoms with Crippen LogP contribution < -0.4 is 5.73 Å². The lowest BCUT2D eigenvalue weighted by Gasteiger charge is -2.04. The molecule has 0 bridgehead atoms. The van der Waals surface area contributed by atoms with Gasteiger partial charge in [0.05, 0.1) is 17.4 Å². The van der Waals surface area contributed by atoms with Gasteiger partial charge in [-0.2, -0.15) is 5.10 Å². The fourth-order valence-corrected chi connectivity index (χ4v) is 1.28. The van der Waals surface area contributed by atoms with E-state index in [1.165, 1.54) is 23.3 Å². The van der Waals surface area contributed by atoms with Gasteiger partial charge < -0.3 is 10.9 Å². The van der Waals surface area contributed by atoms with Crippen LogP contribution in [0.15, 0.2) is 29.9 Å². The molecular formula is C8H7ClN6O. The minimum absolute atomic E-state index is 0.144. The number of amidine groups is 1. The molecule has 2 rings (SSSR count). The molecule has 0 aliphatic heterocycles. The summed E-state index contributed by atoms with van der Waals surface area (Å²) in [5.74, 6) is 0.194. The second-order valence-electron chi connectivity index (χ2n) is 2.82. The molecule has 0 saturated heterocycles. The van der Waals surface area contributed by atoms with Gasteiger partial charge in [-0.3, -0.25) is 0 Å². The first kappa shape index (κ1) is 10.4. The number of hydrogen-bond acceptors (Lipinski definition) is 5. The molecule has 0 spiro atoms. The normalized spacial score (nSPS) is 11.7. The predicted octanol–water partition coefficient (Wildman–Crippen LogP) is 0.410. The van der Waals surface area contributed by atoms with Crippen LogP contribution in [0.25, 0.3) is 5.82 Å². The van der Waals surface area contributed by atoms with Crippen LogP contribution in [0.2, 0.25) is 5.02 Å². The molecule has 82 valence electrons. The molecule has 0 aliphatic rings. The molecule has 0 aliphatic carbocycles. The average molecular weight is 239 g/mol. The predicted molar refractivity (Wildman–Crippen MR) is 56.7 cm³/mol. The molecular weight excluding hydrogens is 232 g/mol. The van der Waals surface area contributed by atoms with Crippen molar-refractivity contribution in [2.75, 3.05) is 0 Å². The highest BCUT2D eigenvalue weighted by Crippen LogP contribution is 2.11. The molecule has 0 saturated carbocycles. The fourth-order valence-electron chi connectivity index (χ4n) is 1.14. The average Bonchev–Trinajstić information content (AvgIpc) is 2.75. The van der Waals surface area contributed by atoms with E-state index in [0.717, 1.165) is 0 Å². The summed E-state index contributed by atoms with van der Waals surface area (Å²) in [6.45, 7) is 0. The van der Waals surface area contributed by atoms with Gasteiger partial charge in [0.25, 0.3) is 0 Å². The Bertz CT molecular complexity index is 537. The zero-order valence-corrected chi connectivity index (χ0v) is 8.70. The second kappa shape index (κ2) is 4.15. The summed E-state index contributed by atoms with van der Waals surface area (Å²) in [7, 11) is 0. The van der Waals surface area contributed by atoms with Gasteiger partial charge in [0, 0.05) is 12.4 Å². The van der Waals surface area contributed by atoms with Gasteiger partial charge >= 0.3 is 0 Å². The Labute approximate surface area is 95.2 Å². The molecule has 3 N–H and O–H groups in total. The third-order valence-corrected chi connectivity index (χ3v) is 1.99. The zero-order valence-electron chi connectivity index (χ0n) is 7.95. The number of nitrogens with zero attached hydrogens (tertiary/aromatic N) is 5. The highest BCUT2D eigenvalue weighted by Gasteiger charge is 2.12. The lowest BCUT2D eigenvalue weighted by atomic mass is 10.4. The van der Waals surface area contributed by atoms with Gasteiger partial charge in [-0.25, -0.2) is 14.6 Å². The van der Waals surface area contributed by atoms with Crippen molar-refractivity contribution in [3.05, 3.63) is 35.5 Å². The van der Waals surface area contributed by atoms with Crippen LogP contribution in [0.5, 0.6) is 0 Å². The Morgan fingerprint density at radius 3 is 2.81 bits per heavy atom. The lowest BCUT2D eigenvalue weighted by molar-refractivity contribution is 0.318. The highest BCUT2D eigenvalue weighted by atomic mass is 35.5. The summed E-state index contributed by atoms with van der Waals surface area (Å²) in [4.78, 5) is 7.99. The fraction of sp³-hybridized carbons (Fsp3) is 0. The largest absolute Gasteiger partial charge is 0.409 e. The third kappa shape index (κ3) is 1.80. The SMILES string of the molecule is NC(=NO)c1nccnc1-n1cc(Cl)cn1. The van der Waals surface area contributed by atoms with Crippen LogP contribution in [0.4, 0.5) is 0 Å². The summed E-state index contributed by atoms with van der Waals surface area (Å²) in [5, 5.41) is 15.9. The van der Waals surface area contributed by atoms with E-state index in [9.17, 15) is 0 Å². The highest BCUT2D eigenvalue weighted by molar-refractivity contribution is 6.30. The van der Waals surface area contributed by atoms with Gasteiger partial charge in [-0.15, -0.1) is 0 Å². The van der Waals surface area contributed by atoms with Crippen molar-refractivity contribution in [2.24, 2.45) is 10.9 Å². The molecule has 16 heavy (non-hydrogen) atoms. The molecule has 2 aromatic rings. The Kier molecular flexibility index (Phi) is 2.69. The number of rotatable bonds is 2. The molecule has 0 atom stereocenters. The summed E-state index contributed by atoms with van der Waals surface area (Å²) >= 11 is 5.73. The summed E-state index contributed by atoms with van der Waals surface area (Å²) < 4.78 is 1.39. The van der Waals surface area contributed by atoms with Crippen LogP contribution >= 0.6 is 11.6 Å². The molecule has 0 amide bonds. The zero-order chi connectivity index (χ0) is 11.5. The standard InChI is InChI=1S/C8H7ClN6O/c9-5-3-13-15(4-5)8-6(7(10)14-16)11-1-2-12-8/h1-4,16H,(H2,10,14). The van der Waals surface area contributed by atoms with E-state index < -0.39 is 0 Å². The first-order valence-corrected chi connectivity index (χ1v) is 4.59. The number of hydrogen-bond donors (Lipinski definition) is 2. The Morgan fingerprint density at radius 1 is 1.44 bits per heavy atom. The van der Waals surface area contributed by atoms with Crippen molar-refractivity contribution < 1.29 is 5.21 Å². The molecule has 7 nitrogen and oxygen atoms in total. The second-order valence-corrected chi connectivity index (χ2v) is 3.25. The molecule has 2 heterocycles. The van der Waals surface area contributed by atoms with Crippen molar-refractivity contribution >= 4 is 17.4 Å². The molecule has 2 aromatic heterocycles. The van der Waals surface area contributed by atoms with Gasteiger partial charge in [-0.1, -0.05) is 16.8 Å².